The highest BCUT2D eigenvalue weighted by molar-refractivity contribution is 4.81. The second kappa shape index (κ2) is 8.08. The van der Waals surface area contributed by atoms with Gasteiger partial charge in [-0.15, -0.1) is 0 Å². The number of nitrogens with one attached hydrogen (secondary N) is 1. The van der Waals surface area contributed by atoms with E-state index in [1.54, 1.807) is 0 Å². The number of likely N-dealkylation sites (tertiary alicyclic amines) is 1. The molecule has 0 aromatic rings. The van der Waals surface area contributed by atoms with Gasteiger partial charge in [-0.2, -0.15) is 0 Å². The first-order chi connectivity index (χ1) is 7.79. The van der Waals surface area contributed by atoms with Gasteiger partial charge in [0.15, 0.2) is 0 Å². The predicted molar refractivity (Wildman–Crippen MR) is 71.9 cm³/mol. The summed E-state index contributed by atoms with van der Waals surface area (Å²) in [7, 11) is 0. The number of unbranched alkanes of at least 4 members (excludes halogenated alkanes) is 1. The molecular formula is C14H30N2. The first-order valence-corrected chi connectivity index (χ1v) is 7.26. The lowest BCUT2D eigenvalue weighted by Crippen LogP contribution is -2.48. The van der Waals surface area contributed by atoms with Gasteiger partial charge in [-0.1, -0.05) is 26.7 Å². The molecule has 1 aliphatic rings. The van der Waals surface area contributed by atoms with Gasteiger partial charge in [0, 0.05) is 18.6 Å². The van der Waals surface area contributed by atoms with Crippen LogP contribution < -0.4 is 5.32 Å². The molecule has 2 nitrogen and oxygen atoms in total. The molecule has 1 fully saturated rings. The topological polar surface area (TPSA) is 15.3 Å². The highest BCUT2D eigenvalue weighted by Gasteiger charge is 2.24. The van der Waals surface area contributed by atoms with E-state index < -0.39 is 0 Å². The summed E-state index contributed by atoms with van der Waals surface area (Å²) in [6.07, 6.45) is 8.17. The highest BCUT2D eigenvalue weighted by Crippen LogP contribution is 2.21. The van der Waals surface area contributed by atoms with Gasteiger partial charge in [0.2, 0.25) is 0 Å². The molecular weight excluding hydrogens is 196 g/mol. The smallest absolute Gasteiger partial charge is 0.0195 e. The third-order valence-electron chi connectivity index (χ3n) is 3.86. The lowest BCUT2D eigenvalue weighted by atomic mass is 9.98. The van der Waals surface area contributed by atoms with Crippen LogP contribution in [-0.4, -0.2) is 36.6 Å². The van der Waals surface area contributed by atoms with Crippen LogP contribution in [0.1, 0.15) is 59.3 Å². The first-order valence-electron chi connectivity index (χ1n) is 7.26. The molecule has 0 bridgehead atoms. The molecule has 0 aromatic heterocycles. The van der Waals surface area contributed by atoms with E-state index in [1.807, 2.05) is 0 Å². The van der Waals surface area contributed by atoms with E-state index in [1.165, 1.54) is 51.6 Å². The van der Waals surface area contributed by atoms with Crippen molar-refractivity contribution in [2.45, 2.75) is 71.4 Å². The Morgan fingerprint density at radius 3 is 2.81 bits per heavy atom. The number of hydrogen-bond acceptors (Lipinski definition) is 2. The summed E-state index contributed by atoms with van der Waals surface area (Å²) in [5.41, 5.74) is 0. The summed E-state index contributed by atoms with van der Waals surface area (Å²) in [6, 6.07) is 1.55. The van der Waals surface area contributed by atoms with Gasteiger partial charge < -0.3 is 5.32 Å². The predicted octanol–water partition coefficient (Wildman–Crippen LogP) is 3.03. The van der Waals surface area contributed by atoms with Crippen molar-refractivity contribution >= 4 is 0 Å². The fourth-order valence-corrected chi connectivity index (χ4v) is 2.77. The molecule has 2 atom stereocenters. The van der Waals surface area contributed by atoms with Crippen LogP contribution in [0.5, 0.6) is 0 Å². The van der Waals surface area contributed by atoms with Gasteiger partial charge >= 0.3 is 0 Å². The van der Waals surface area contributed by atoms with Crippen LogP contribution in [-0.2, 0) is 0 Å². The molecule has 1 rings (SSSR count). The van der Waals surface area contributed by atoms with Crippen molar-refractivity contribution in [3.63, 3.8) is 0 Å². The quantitative estimate of drug-likeness (QED) is 0.671. The third kappa shape index (κ3) is 4.42. The Bertz CT molecular complexity index is 170. The molecule has 1 aliphatic heterocycles. The second-order valence-corrected chi connectivity index (χ2v) is 5.20. The van der Waals surface area contributed by atoms with Gasteiger partial charge in [0.1, 0.15) is 0 Å². The van der Waals surface area contributed by atoms with E-state index in [4.69, 9.17) is 0 Å². The van der Waals surface area contributed by atoms with Crippen molar-refractivity contribution in [3.8, 4) is 0 Å². The molecule has 96 valence electrons. The average molecular weight is 226 g/mol. The van der Waals surface area contributed by atoms with Crippen LogP contribution in [0.4, 0.5) is 0 Å². The summed E-state index contributed by atoms with van der Waals surface area (Å²) < 4.78 is 0. The molecule has 2 heteroatoms. The van der Waals surface area contributed by atoms with Crippen LogP contribution in [0.15, 0.2) is 0 Å². The average Bonchev–Trinajstić information content (AvgIpc) is 2.34. The first kappa shape index (κ1) is 14.0. The van der Waals surface area contributed by atoms with Gasteiger partial charge in [0.25, 0.3) is 0 Å². The van der Waals surface area contributed by atoms with E-state index in [9.17, 15) is 0 Å². The summed E-state index contributed by atoms with van der Waals surface area (Å²) >= 11 is 0. The Labute approximate surface area is 102 Å². The molecule has 0 radical (unpaired) electrons. The molecule has 2 unspecified atom stereocenters. The maximum absolute atomic E-state index is 3.59. The van der Waals surface area contributed by atoms with Crippen LogP contribution in [0, 0.1) is 0 Å². The van der Waals surface area contributed by atoms with Crippen LogP contribution in [0.3, 0.4) is 0 Å². The SMILES string of the molecule is CCCCNCC(C)N1CCCCC1CC. The van der Waals surface area contributed by atoms with Crippen LogP contribution in [0.25, 0.3) is 0 Å². The maximum atomic E-state index is 3.59. The molecule has 0 spiro atoms. The number of nitrogens with zero attached hydrogens (tertiary/aromatic N) is 1. The van der Waals surface area contributed by atoms with Crippen molar-refractivity contribution in [2.24, 2.45) is 0 Å². The monoisotopic (exact) mass is 226 g/mol. The lowest BCUT2D eigenvalue weighted by molar-refractivity contribution is 0.0993. The molecule has 0 amide bonds. The van der Waals surface area contributed by atoms with Crippen molar-refractivity contribution in [3.05, 3.63) is 0 Å². The highest BCUT2D eigenvalue weighted by atomic mass is 15.2. The number of hydrogen-bond donors (Lipinski definition) is 1. The fourth-order valence-electron chi connectivity index (χ4n) is 2.77. The molecule has 1 N–H and O–H groups in total. The molecule has 16 heavy (non-hydrogen) atoms. The molecule has 0 aliphatic carbocycles. The van der Waals surface area contributed by atoms with Gasteiger partial charge in [-0.25, -0.2) is 0 Å². The molecule has 1 saturated heterocycles. The molecule has 1 heterocycles. The second-order valence-electron chi connectivity index (χ2n) is 5.20. The van der Waals surface area contributed by atoms with Crippen molar-refractivity contribution < 1.29 is 0 Å². The standard InChI is InChI=1S/C14H30N2/c1-4-6-10-15-12-13(3)16-11-8-7-9-14(16)5-2/h13-15H,4-12H2,1-3H3. The zero-order valence-corrected chi connectivity index (χ0v) is 11.5. The fraction of sp³-hybridized carbons (Fsp3) is 1.00. The Balaban J connectivity index is 2.24. The van der Waals surface area contributed by atoms with E-state index >= 15 is 0 Å². The maximum Gasteiger partial charge on any atom is 0.0195 e. The Kier molecular flexibility index (Phi) is 7.06. The zero-order valence-electron chi connectivity index (χ0n) is 11.5. The zero-order chi connectivity index (χ0) is 11.8. The van der Waals surface area contributed by atoms with Crippen molar-refractivity contribution in [1.29, 1.82) is 0 Å². The largest absolute Gasteiger partial charge is 0.315 e. The minimum absolute atomic E-state index is 0.710. The van der Waals surface area contributed by atoms with Gasteiger partial charge in [-0.3, -0.25) is 4.90 Å². The summed E-state index contributed by atoms with van der Waals surface area (Å²) in [5.74, 6) is 0. The van der Waals surface area contributed by atoms with Crippen LogP contribution in [0.2, 0.25) is 0 Å². The van der Waals surface area contributed by atoms with Crippen LogP contribution >= 0.6 is 0 Å². The van der Waals surface area contributed by atoms with Gasteiger partial charge in [-0.05, 0) is 45.7 Å². The molecule has 0 aromatic carbocycles. The van der Waals surface area contributed by atoms with Crippen molar-refractivity contribution in [2.75, 3.05) is 19.6 Å². The van der Waals surface area contributed by atoms with E-state index in [0.29, 0.717) is 6.04 Å². The van der Waals surface area contributed by atoms with E-state index in [0.717, 1.165) is 12.6 Å². The Morgan fingerprint density at radius 2 is 2.12 bits per heavy atom. The van der Waals surface area contributed by atoms with Crippen molar-refractivity contribution in [1.82, 2.24) is 10.2 Å². The summed E-state index contributed by atoms with van der Waals surface area (Å²) in [4.78, 5) is 2.72. The number of rotatable bonds is 7. The lowest BCUT2D eigenvalue weighted by Gasteiger charge is -2.39. The van der Waals surface area contributed by atoms with E-state index in [-0.39, 0.29) is 0 Å². The Morgan fingerprint density at radius 1 is 1.31 bits per heavy atom. The Hall–Kier alpha value is -0.0800. The molecule has 0 saturated carbocycles. The third-order valence-corrected chi connectivity index (χ3v) is 3.86. The normalized spacial score (nSPS) is 24.6. The van der Waals surface area contributed by atoms with E-state index in [2.05, 4.69) is 31.0 Å². The summed E-state index contributed by atoms with van der Waals surface area (Å²) in [5, 5.41) is 3.59. The minimum atomic E-state index is 0.710. The van der Waals surface area contributed by atoms with Gasteiger partial charge in [0.05, 0.1) is 0 Å². The number of piperidine rings is 1. The minimum Gasteiger partial charge on any atom is -0.315 e. The summed E-state index contributed by atoms with van der Waals surface area (Å²) in [6.45, 7) is 10.6.